The molecule has 2 aromatic rings. The number of carbonyl (C=O) groups excluding carboxylic acids is 4. The van der Waals surface area contributed by atoms with Crippen molar-refractivity contribution in [3.63, 3.8) is 0 Å². The van der Waals surface area contributed by atoms with E-state index in [-0.39, 0.29) is 5.92 Å². The van der Waals surface area contributed by atoms with Gasteiger partial charge in [-0.2, -0.15) is 5.26 Å². The van der Waals surface area contributed by atoms with Crippen molar-refractivity contribution in [2.75, 3.05) is 6.54 Å². The number of hydrogen-bond acceptors (Lipinski definition) is 8. The van der Waals surface area contributed by atoms with Crippen LogP contribution in [0.5, 0.6) is 0 Å². The number of benzene rings is 1. The fourth-order valence-electron chi connectivity index (χ4n) is 4.76. The van der Waals surface area contributed by atoms with Crippen molar-refractivity contribution < 1.29 is 23.9 Å². The number of cyclic esters (lactones) is 1. The summed E-state index contributed by atoms with van der Waals surface area (Å²) in [5.74, 6) is -2.46. The number of ether oxygens (including phenoxy) is 1. The van der Waals surface area contributed by atoms with Gasteiger partial charge in [-0.1, -0.05) is 44.2 Å². The first kappa shape index (κ1) is 29.7. The summed E-state index contributed by atoms with van der Waals surface area (Å²) < 4.78 is 5.73. The molecule has 11 heteroatoms. The third-order valence-electron chi connectivity index (χ3n) is 7.46. The van der Waals surface area contributed by atoms with E-state index >= 15 is 0 Å². The first-order valence-electron chi connectivity index (χ1n) is 13.8. The Labute approximate surface area is 239 Å². The van der Waals surface area contributed by atoms with Gasteiger partial charge in [-0.15, -0.1) is 0 Å². The first-order chi connectivity index (χ1) is 19.4. The third kappa shape index (κ3) is 6.55. The van der Waals surface area contributed by atoms with Gasteiger partial charge in [0.05, 0.1) is 17.3 Å². The molecule has 0 spiro atoms. The number of nitrogens with one attached hydrogen (secondary N) is 3. The highest BCUT2D eigenvalue weighted by Gasteiger charge is 2.37. The molecule has 2 aliphatic heterocycles. The Morgan fingerprint density at radius 3 is 2.56 bits per heavy atom. The van der Waals surface area contributed by atoms with Crippen molar-refractivity contribution in [1.82, 2.24) is 26.1 Å². The number of esters is 1. The molecule has 3 amide bonds. The van der Waals surface area contributed by atoms with Gasteiger partial charge < -0.3 is 15.4 Å². The fourth-order valence-corrected chi connectivity index (χ4v) is 4.76. The summed E-state index contributed by atoms with van der Waals surface area (Å²) in [4.78, 5) is 57.4. The van der Waals surface area contributed by atoms with Crippen LogP contribution in [-0.2, 0) is 23.9 Å². The second-order valence-electron chi connectivity index (χ2n) is 11.2. The Hall–Kier alpha value is -4.30. The Bertz CT molecular complexity index is 1430. The summed E-state index contributed by atoms with van der Waals surface area (Å²) in [5, 5.41) is 17.5. The van der Waals surface area contributed by atoms with Gasteiger partial charge in [0.25, 0.3) is 5.91 Å². The molecule has 0 aliphatic carbocycles. The summed E-state index contributed by atoms with van der Waals surface area (Å²) in [6.45, 7) is 8.62. The van der Waals surface area contributed by atoms with Gasteiger partial charge in [0.2, 0.25) is 11.8 Å². The van der Waals surface area contributed by atoms with Gasteiger partial charge in [0, 0.05) is 11.9 Å². The zero-order valence-electron chi connectivity index (χ0n) is 23.9. The number of amides is 3. The molecule has 216 valence electrons. The van der Waals surface area contributed by atoms with Crippen molar-refractivity contribution in [3.8, 4) is 6.07 Å². The van der Waals surface area contributed by atoms with Crippen LogP contribution >= 0.6 is 0 Å². The summed E-state index contributed by atoms with van der Waals surface area (Å²) in [5.41, 5.74) is 3.29. The lowest BCUT2D eigenvalue weighted by Gasteiger charge is -2.35. The quantitative estimate of drug-likeness (QED) is 0.450. The number of hydrazine groups is 1. The smallest absolute Gasteiger partial charge is 0.325 e. The van der Waals surface area contributed by atoms with E-state index in [1.165, 1.54) is 18.0 Å². The maximum atomic E-state index is 13.3. The van der Waals surface area contributed by atoms with Crippen LogP contribution in [0.15, 0.2) is 36.4 Å². The lowest BCUT2D eigenvalue weighted by atomic mass is 9.89. The third-order valence-corrected chi connectivity index (χ3v) is 7.46. The maximum absolute atomic E-state index is 13.3. The highest BCUT2D eigenvalue weighted by molar-refractivity contribution is 5.95. The summed E-state index contributed by atoms with van der Waals surface area (Å²) in [6, 6.07) is 8.59. The monoisotopic (exact) mass is 560 g/mol. The van der Waals surface area contributed by atoms with Gasteiger partial charge in [-0.3, -0.25) is 24.2 Å². The molecule has 4 rings (SSSR count). The minimum absolute atomic E-state index is 0.329. The molecule has 3 heterocycles. The van der Waals surface area contributed by atoms with Crippen LogP contribution in [0.1, 0.15) is 64.8 Å². The van der Waals surface area contributed by atoms with Crippen molar-refractivity contribution in [1.29, 1.82) is 5.26 Å². The Kier molecular flexibility index (Phi) is 8.73. The lowest BCUT2D eigenvalue weighted by molar-refractivity contribution is -0.157. The van der Waals surface area contributed by atoms with E-state index in [4.69, 9.17) is 4.74 Å². The predicted molar refractivity (Wildman–Crippen MR) is 151 cm³/mol. The lowest BCUT2D eigenvalue weighted by Crippen LogP contribution is -2.61. The highest BCUT2D eigenvalue weighted by atomic mass is 16.5. The average molecular weight is 561 g/mol. The normalized spacial score (nSPS) is 29.0. The minimum atomic E-state index is -1.58. The van der Waals surface area contributed by atoms with Crippen molar-refractivity contribution in [2.45, 2.75) is 71.7 Å². The number of pyridine rings is 1. The number of nitrogens with zero attached hydrogens (tertiary/aromatic N) is 3. The van der Waals surface area contributed by atoms with E-state index < -0.39 is 53.3 Å². The molecule has 11 nitrogen and oxygen atoms in total. The number of rotatable bonds is 1. The average Bonchev–Trinajstić information content (AvgIpc) is 2.96. The SMILES string of the molecule is CC(C)[C@@H]1NC(=O)C(C)(C#N)/C=C/c2ccc3ccc(nc3c2)[C@@H](C)OC(=O)C2CCCN(N2)C(=O)[C@H](C)NC1=O. The van der Waals surface area contributed by atoms with Crippen molar-refractivity contribution in [3.05, 3.63) is 47.7 Å². The van der Waals surface area contributed by atoms with Crippen LogP contribution in [0.4, 0.5) is 0 Å². The van der Waals surface area contributed by atoms with Crippen molar-refractivity contribution in [2.24, 2.45) is 11.3 Å². The summed E-state index contributed by atoms with van der Waals surface area (Å²) in [7, 11) is 0. The van der Waals surface area contributed by atoms with Gasteiger partial charge in [-0.25, -0.2) is 10.4 Å². The molecule has 1 aromatic heterocycles. The molecule has 2 unspecified atom stereocenters. The summed E-state index contributed by atoms with van der Waals surface area (Å²) in [6.07, 6.45) is 3.55. The van der Waals surface area contributed by atoms with Crippen LogP contribution in [-0.4, -0.2) is 58.4 Å². The molecule has 1 saturated heterocycles. The van der Waals surface area contributed by atoms with Crippen molar-refractivity contribution >= 4 is 40.7 Å². The molecule has 1 fully saturated rings. The standard InChI is InChI=1S/C30H36N6O5/c1-17(2)25-26(37)32-18(3)27(38)36-14-6-7-23(35-36)28(39)41-19(4)22-11-10-21-9-8-20(15-24(21)33-22)12-13-30(5,16-31)29(40)34-25/h8-13,15,17-19,23,25,35H,6-7,14H2,1-5H3,(H,32,37)(H,34,40)/b13-12+/t18-,19+,23?,25-,30?/m0/s1. The first-order valence-corrected chi connectivity index (χ1v) is 13.8. The van der Waals surface area contributed by atoms with Gasteiger partial charge in [0.1, 0.15) is 24.2 Å². The molecule has 2 aliphatic rings. The van der Waals surface area contributed by atoms with E-state index in [9.17, 15) is 24.4 Å². The molecular formula is C30H36N6O5. The molecule has 3 N–H and O–H groups in total. The van der Waals surface area contributed by atoms with E-state index in [0.717, 1.165) is 5.39 Å². The number of hydrogen-bond donors (Lipinski definition) is 3. The van der Waals surface area contributed by atoms with Crippen LogP contribution in [0, 0.1) is 22.7 Å². The fraction of sp³-hybridized carbons (Fsp3) is 0.467. The molecule has 0 saturated carbocycles. The van der Waals surface area contributed by atoms with E-state index in [2.05, 4.69) is 21.0 Å². The number of aromatic nitrogens is 1. The highest BCUT2D eigenvalue weighted by Crippen LogP contribution is 2.25. The van der Waals surface area contributed by atoms with Crippen LogP contribution in [0.2, 0.25) is 0 Å². The molecular weight excluding hydrogens is 524 g/mol. The Balaban J connectivity index is 1.73. The number of nitriles is 1. The zero-order valence-corrected chi connectivity index (χ0v) is 23.9. The number of fused-ring (bicyclic) bond motifs is 4. The van der Waals surface area contributed by atoms with Gasteiger partial charge in [-0.05, 0) is 57.2 Å². The topological polar surface area (TPSA) is 154 Å². The van der Waals surface area contributed by atoms with Crippen LogP contribution in [0.3, 0.4) is 0 Å². The molecule has 41 heavy (non-hydrogen) atoms. The summed E-state index contributed by atoms with van der Waals surface area (Å²) >= 11 is 0. The molecule has 0 radical (unpaired) electrons. The number of carbonyl (C=O) groups is 4. The van der Waals surface area contributed by atoms with Crippen LogP contribution < -0.4 is 16.1 Å². The van der Waals surface area contributed by atoms with Gasteiger partial charge >= 0.3 is 5.97 Å². The minimum Gasteiger partial charge on any atom is -0.455 e. The Morgan fingerprint density at radius 1 is 1.12 bits per heavy atom. The van der Waals surface area contributed by atoms with E-state index in [1.54, 1.807) is 39.8 Å². The zero-order chi connectivity index (χ0) is 29.9. The maximum Gasteiger partial charge on any atom is 0.325 e. The largest absolute Gasteiger partial charge is 0.455 e. The molecule has 1 aromatic carbocycles. The predicted octanol–water partition coefficient (Wildman–Crippen LogP) is 2.54. The second kappa shape index (κ2) is 12.1. The van der Waals surface area contributed by atoms with E-state index in [0.29, 0.717) is 36.2 Å². The molecule has 5 bridgehead atoms. The van der Waals surface area contributed by atoms with Gasteiger partial charge in [0.15, 0.2) is 5.41 Å². The molecule has 5 atom stereocenters. The van der Waals surface area contributed by atoms with E-state index in [1.807, 2.05) is 30.3 Å². The Morgan fingerprint density at radius 2 is 1.85 bits per heavy atom. The van der Waals surface area contributed by atoms with Crippen LogP contribution in [0.25, 0.3) is 17.0 Å². The second-order valence-corrected chi connectivity index (χ2v) is 11.2.